The summed E-state index contributed by atoms with van der Waals surface area (Å²) in [6.07, 6.45) is 2.30. The molecule has 146 valence electrons. The van der Waals surface area contributed by atoms with Gasteiger partial charge < -0.3 is 19.1 Å². The maximum Gasteiger partial charge on any atom is 0.224 e. The van der Waals surface area contributed by atoms with Gasteiger partial charge in [-0.1, -0.05) is 29.8 Å². The molecule has 0 saturated carbocycles. The van der Waals surface area contributed by atoms with Crippen LogP contribution in [-0.4, -0.2) is 37.8 Å². The minimum Gasteiger partial charge on any atom is -0.493 e. The first kappa shape index (κ1) is 19.8. The summed E-state index contributed by atoms with van der Waals surface area (Å²) in [5.41, 5.74) is 1.14. The molecular formula is C21H22ClN3O3. The maximum atomic E-state index is 6.14. The van der Waals surface area contributed by atoms with Crippen molar-refractivity contribution in [1.29, 1.82) is 0 Å². The Morgan fingerprint density at radius 2 is 1.71 bits per heavy atom. The van der Waals surface area contributed by atoms with Crippen LogP contribution in [0.1, 0.15) is 5.56 Å². The molecule has 2 aromatic carbocycles. The number of para-hydroxylation sites is 1. The summed E-state index contributed by atoms with van der Waals surface area (Å²) < 4.78 is 16.4. The van der Waals surface area contributed by atoms with E-state index in [1.807, 2.05) is 42.3 Å². The number of ether oxygens (including phenoxy) is 3. The molecule has 0 unspecified atom stereocenters. The molecular weight excluding hydrogens is 378 g/mol. The Morgan fingerprint density at radius 1 is 0.929 bits per heavy atom. The first-order valence-electron chi connectivity index (χ1n) is 8.77. The van der Waals surface area contributed by atoms with Crippen molar-refractivity contribution in [2.45, 2.75) is 6.42 Å². The summed E-state index contributed by atoms with van der Waals surface area (Å²) in [7, 11) is 5.24. The van der Waals surface area contributed by atoms with E-state index in [2.05, 4.69) is 9.97 Å². The van der Waals surface area contributed by atoms with Gasteiger partial charge in [-0.3, -0.25) is 0 Å². The second-order valence-corrected chi connectivity index (χ2v) is 6.52. The van der Waals surface area contributed by atoms with Gasteiger partial charge in [0, 0.05) is 19.7 Å². The standard InChI is InChI=1S/C21H22ClN3O3/c1-25(11-10-15-8-9-18(26-2)19(12-15)27-3)20-13-21(24-14-23-20)28-17-7-5-4-6-16(17)22/h4-9,12-14H,10-11H2,1-3H3. The summed E-state index contributed by atoms with van der Waals surface area (Å²) in [6.45, 7) is 0.762. The van der Waals surface area contributed by atoms with E-state index in [0.29, 0.717) is 16.7 Å². The van der Waals surface area contributed by atoms with Gasteiger partial charge in [0.25, 0.3) is 0 Å². The third-order valence-electron chi connectivity index (χ3n) is 4.25. The van der Waals surface area contributed by atoms with Gasteiger partial charge in [0.2, 0.25) is 5.88 Å². The largest absolute Gasteiger partial charge is 0.493 e. The number of likely N-dealkylation sites (N-methyl/N-ethyl adjacent to an activating group) is 1. The second-order valence-electron chi connectivity index (χ2n) is 6.11. The van der Waals surface area contributed by atoms with E-state index >= 15 is 0 Å². The van der Waals surface area contributed by atoms with Crippen LogP contribution < -0.4 is 19.1 Å². The molecule has 0 amide bonds. The molecule has 0 fully saturated rings. The van der Waals surface area contributed by atoms with Crippen molar-refractivity contribution in [3.8, 4) is 23.1 Å². The molecule has 0 bridgehead atoms. The van der Waals surface area contributed by atoms with E-state index in [4.69, 9.17) is 25.8 Å². The number of aromatic nitrogens is 2. The fraction of sp³-hybridized carbons (Fsp3) is 0.238. The Kier molecular flexibility index (Phi) is 6.55. The zero-order chi connectivity index (χ0) is 19.9. The highest BCUT2D eigenvalue weighted by molar-refractivity contribution is 6.32. The lowest BCUT2D eigenvalue weighted by Crippen LogP contribution is -2.21. The van der Waals surface area contributed by atoms with Crippen molar-refractivity contribution in [1.82, 2.24) is 9.97 Å². The highest BCUT2D eigenvalue weighted by Gasteiger charge is 2.09. The van der Waals surface area contributed by atoms with Gasteiger partial charge in [0.1, 0.15) is 17.9 Å². The molecule has 0 spiro atoms. The average molecular weight is 400 g/mol. The number of methoxy groups -OCH3 is 2. The fourth-order valence-corrected chi connectivity index (χ4v) is 2.86. The molecule has 3 rings (SSSR count). The van der Waals surface area contributed by atoms with Crippen LogP contribution in [-0.2, 0) is 6.42 Å². The zero-order valence-electron chi connectivity index (χ0n) is 16.1. The van der Waals surface area contributed by atoms with Gasteiger partial charge in [0.15, 0.2) is 11.5 Å². The number of nitrogens with zero attached hydrogens (tertiary/aromatic N) is 3. The van der Waals surface area contributed by atoms with E-state index in [0.717, 1.165) is 35.8 Å². The summed E-state index contributed by atoms with van der Waals surface area (Å²) in [6, 6.07) is 15.0. The number of rotatable bonds is 8. The highest BCUT2D eigenvalue weighted by atomic mass is 35.5. The molecule has 0 aliphatic rings. The van der Waals surface area contributed by atoms with E-state index in [-0.39, 0.29) is 0 Å². The van der Waals surface area contributed by atoms with Crippen LogP contribution in [0.25, 0.3) is 0 Å². The summed E-state index contributed by atoms with van der Waals surface area (Å²) >= 11 is 6.14. The topological polar surface area (TPSA) is 56.7 Å². The zero-order valence-corrected chi connectivity index (χ0v) is 16.8. The van der Waals surface area contributed by atoms with E-state index in [1.54, 1.807) is 32.4 Å². The second kappa shape index (κ2) is 9.28. The molecule has 28 heavy (non-hydrogen) atoms. The van der Waals surface area contributed by atoms with Crippen LogP contribution in [0.2, 0.25) is 5.02 Å². The number of benzene rings is 2. The average Bonchev–Trinajstić information content (AvgIpc) is 2.73. The Bertz CT molecular complexity index is 936. The highest BCUT2D eigenvalue weighted by Crippen LogP contribution is 2.29. The monoisotopic (exact) mass is 399 g/mol. The molecule has 1 aromatic heterocycles. The Balaban J connectivity index is 1.66. The number of hydrogen-bond acceptors (Lipinski definition) is 6. The Hall–Kier alpha value is -2.99. The SMILES string of the molecule is COc1ccc(CCN(C)c2cc(Oc3ccccc3Cl)ncn2)cc1OC. The lowest BCUT2D eigenvalue weighted by molar-refractivity contribution is 0.354. The van der Waals surface area contributed by atoms with Crippen LogP contribution in [0.15, 0.2) is 54.9 Å². The maximum absolute atomic E-state index is 6.14. The Morgan fingerprint density at radius 3 is 2.46 bits per heavy atom. The lowest BCUT2D eigenvalue weighted by atomic mass is 10.1. The first-order valence-corrected chi connectivity index (χ1v) is 9.15. The Labute approximate surface area is 169 Å². The minimum atomic E-state index is 0.441. The molecule has 6 nitrogen and oxygen atoms in total. The first-order chi connectivity index (χ1) is 13.6. The predicted molar refractivity (Wildman–Crippen MR) is 110 cm³/mol. The normalized spacial score (nSPS) is 10.4. The summed E-state index contributed by atoms with van der Waals surface area (Å²) in [5, 5.41) is 0.532. The van der Waals surface area contributed by atoms with Gasteiger partial charge in [-0.25, -0.2) is 9.97 Å². The van der Waals surface area contributed by atoms with E-state index in [1.165, 1.54) is 6.33 Å². The van der Waals surface area contributed by atoms with Crippen molar-refractivity contribution in [3.63, 3.8) is 0 Å². The number of hydrogen-bond donors (Lipinski definition) is 0. The fourth-order valence-electron chi connectivity index (χ4n) is 2.68. The van der Waals surface area contributed by atoms with E-state index < -0.39 is 0 Å². The van der Waals surface area contributed by atoms with Gasteiger partial charge in [-0.05, 0) is 36.2 Å². The lowest BCUT2D eigenvalue weighted by Gasteiger charge is -2.19. The number of anilines is 1. The van der Waals surface area contributed by atoms with Gasteiger partial charge >= 0.3 is 0 Å². The minimum absolute atomic E-state index is 0.441. The third-order valence-corrected chi connectivity index (χ3v) is 4.57. The van der Waals surface area contributed by atoms with Crippen molar-refractivity contribution in [3.05, 3.63) is 65.4 Å². The summed E-state index contributed by atoms with van der Waals surface area (Å²) in [4.78, 5) is 10.5. The van der Waals surface area contributed by atoms with Crippen molar-refractivity contribution in [2.75, 3.05) is 32.7 Å². The molecule has 0 radical (unpaired) electrons. The molecule has 7 heteroatoms. The smallest absolute Gasteiger partial charge is 0.224 e. The van der Waals surface area contributed by atoms with Crippen LogP contribution in [0.4, 0.5) is 5.82 Å². The van der Waals surface area contributed by atoms with Crippen LogP contribution in [0.5, 0.6) is 23.1 Å². The van der Waals surface area contributed by atoms with Gasteiger partial charge in [-0.2, -0.15) is 0 Å². The molecule has 0 aliphatic carbocycles. The molecule has 0 N–H and O–H groups in total. The van der Waals surface area contributed by atoms with E-state index in [9.17, 15) is 0 Å². The predicted octanol–water partition coefficient (Wildman–Crippen LogP) is 4.62. The quantitative estimate of drug-likeness (QED) is 0.551. The molecule has 0 aliphatic heterocycles. The molecule has 0 saturated heterocycles. The molecule has 0 atom stereocenters. The van der Waals surface area contributed by atoms with Crippen molar-refractivity contribution < 1.29 is 14.2 Å². The number of halogens is 1. The van der Waals surface area contributed by atoms with Crippen LogP contribution in [0.3, 0.4) is 0 Å². The molecule has 3 aromatic rings. The van der Waals surface area contributed by atoms with Gasteiger partial charge in [-0.15, -0.1) is 0 Å². The van der Waals surface area contributed by atoms with Crippen LogP contribution >= 0.6 is 11.6 Å². The molecule has 1 heterocycles. The van der Waals surface area contributed by atoms with Gasteiger partial charge in [0.05, 0.1) is 19.2 Å². The van der Waals surface area contributed by atoms with Crippen LogP contribution in [0, 0.1) is 0 Å². The van der Waals surface area contributed by atoms with Crippen molar-refractivity contribution >= 4 is 17.4 Å². The van der Waals surface area contributed by atoms with Crippen molar-refractivity contribution in [2.24, 2.45) is 0 Å². The summed E-state index contributed by atoms with van der Waals surface area (Å²) in [5.74, 6) is 3.20. The third kappa shape index (κ3) is 4.84.